The zero-order valence-corrected chi connectivity index (χ0v) is 13.4. The summed E-state index contributed by atoms with van der Waals surface area (Å²) in [6.07, 6.45) is -3.26. The third kappa shape index (κ3) is 4.93. The average molecular weight is 321 g/mol. The van der Waals surface area contributed by atoms with Crippen molar-refractivity contribution in [2.75, 3.05) is 26.2 Å². The first-order valence-corrected chi connectivity index (χ1v) is 8.02. The molecule has 2 heterocycles. The van der Waals surface area contributed by atoms with Gasteiger partial charge in [-0.1, -0.05) is 0 Å². The molecular weight excluding hydrogens is 299 g/mol. The highest BCUT2D eigenvalue weighted by Gasteiger charge is 2.34. The normalized spacial score (nSPS) is 21.9. The van der Waals surface area contributed by atoms with Gasteiger partial charge in [0.2, 0.25) is 0 Å². The van der Waals surface area contributed by atoms with Crippen LogP contribution < -0.4 is 5.32 Å². The molecule has 0 aliphatic carbocycles. The maximum Gasteiger partial charge on any atom is 0.401 e. The topological polar surface area (TPSA) is 28.2 Å². The fourth-order valence-corrected chi connectivity index (χ4v) is 3.82. The van der Waals surface area contributed by atoms with Gasteiger partial charge in [0, 0.05) is 17.5 Å². The highest BCUT2D eigenvalue weighted by atomic mass is 32.1. The highest BCUT2D eigenvalue weighted by Crippen LogP contribution is 2.26. The maximum atomic E-state index is 12.4. The third-order valence-corrected chi connectivity index (χ3v) is 5.07. The molecule has 1 aromatic rings. The second-order valence-electron chi connectivity index (χ2n) is 5.82. The van der Waals surface area contributed by atoms with E-state index >= 15 is 0 Å². The number of nitrogens with zero attached hydrogens (tertiary/aromatic N) is 2. The van der Waals surface area contributed by atoms with Gasteiger partial charge in [-0.05, 0) is 46.2 Å². The number of aromatic nitrogens is 1. The molecule has 0 amide bonds. The fourth-order valence-electron chi connectivity index (χ4n) is 2.86. The Morgan fingerprint density at radius 1 is 1.43 bits per heavy atom. The Hall–Kier alpha value is -0.660. The van der Waals surface area contributed by atoms with Gasteiger partial charge >= 0.3 is 6.18 Å². The quantitative estimate of drug-likeness (QED) is 0.902. The van der Waals surface area contributed by atoms with Crippen molar-refractivity contribution >= 4 is 11.3 Å². The number of likely N-dealkylation sites (tertiary alicyclic amines) is 1. The molecule has 1 N–H and O–H groups in total. The molecule has 0 radical (unpaired) electrons. The number of hydrogen-bond acceptors (Lipinski definition) is 4. The van der Waals surface area contributed by atoms with Crippen LogP contribution in [0.3, 0.4) is 0 Å². The van der Waals surface area contributed by atoms with Gasteiger partial charge in [-0.25, -0.2) is 4.98 Å². The highest BCUT2D eigenvalue weighted by molar-refractivity contribution is 7.11. The lowest BCUT2D eigenvalue weighted by Gasteiger charge is -2.19. The molecule has 1 aliphatic rings. The largest absolute Gasteiger partial charge is 0.401 e. The van der Waals surface area contributed by atoms with E-state index in [1.165, 1.54) is 9.78 Å². The van der Waals surface area contributed by atoms with Gasteiger partial charge in [0.25, 0.3) is 0 Å². The van der Waals surface area contributed by atoms with Crippen LogP contribution in [-0.4, -0.2) is 42.2 Å². The molecule has 0 saturated carbocycles. The summed E-state index contributed by atoms with van der Waals surface area (Å²) in [7, 11) is 0. The molecule has 7 heteroatoms. The van der Waals surface area contributed by atoms with Gasteiger partial charge in [0.15, 0.2) is 0 Å². The summed E-state index contributed by atoms with van der Waals surface area (Å²) in [4.78, 5) is 7.13. The standard InChI is InChI=1S/C14H22F3N3S/c1-9(13-10(2)19-11(3)21-13)18-6-12-4-5-20(7-12)8-14(15,16)17/h9,12,18H,4-8H2,1-3H3. The summed E-state index contributed by atoms with van der Waals surface area (Å²) in [5.41, 5.74) is 1.04. The lowest BCUT2D eigenvalue weighted by molar-refractivity contribution is -0.143. The lowest BCUT2D eigenvalue weighted by atomic mass is 10.1. The Balaban J connectivity index is 1.78. The van der Waals surface area contributed by atoms with Crippen molar-refractivity contribution in [3.8, 4) is 0 Å². The van der Waals surface area contributed by atoms with Gasteiger partial charge < -0.3 is 5.32 Å². The molecule has 1 saturated heterocycles. The van der Waals surface area contributed by atoms with Crippen LogP contribution in [0.4, 0.5) is 13.2 Å². The van der Waals surface area contributed by atoms with E-state index in [0.717, 1.165) is 23.7 Å². The van der Waals surface area contributed by atoms with Crippen molar-refractivity contribution in [2.24, 2.45) is 5.92 Å². The number of halogens is 3. The van der Waals surface area contributed by atoms with Crippen LogP contribution in [0.1, 0.15) is 35.0 Å². The van der Waals surface area contributed by atoms with E-state index in [2.05, 4.69) is 17.2 Å². The van der Waals surface area contributed by atoms with Gasteiger partial charge in [-0.2, -0.15) is 13.2 Å². The molecule has 2 unspecified atom stereocenters. The summed E-state index contributed by atoms with van der Waals surface area (Å²) in [5, 5.41) is 4.49. The minimum atomic E-state index is -4.09. The number of hydrogen-bond donors (Lipinski definition) is 1. The zero-order valence-electron chi connectivity index (χ0n) is 12.6. The second kappa shape index (κ2) is 6.62. The predicted octanol–water partition coefficient (Wildman–Crippen LogP) is 3.29. The minimum absolute atomic E-state index is 0.202. The van der Waals surface area contributed by atoms with Crippen molar-refractivity contribution in [1.82, 2.24) is 15.2 Å². The third-order valence-electron chi connectivity index (χ3n) is 3.82. The minimum Gasteiger partial charge on any atom is -0.309 e. The van der Waals surface area contributed by atoms with Crippen LogP contribution >= 0.6 is 11.3 Å². The predicted molar refractivity (Wildman–Crippen MR) is 78.6 cm³/mol. The zero-order chi connectivity index (χ0) is 15.6. The second-order valence-corrected chi connectivity index (χ2v) is 7.05. The Morgan fingerprint density at radius 2 is 2.14 bits per heavy atom. The molecule has 1 fully saturated rings. The number of aryl methyl sites for hydroxylation is 2. The van der Waals surface area contributed by atoms with Crippen molar-refractivity contribution in [1.29, 1.82) is 0 Å². The van der Waals surface area contributed by atoms with Crippen LogP contribution in [0.15, 0.2) is 0 Å². The van der Waals surface area contributed by atoms with E-state index < -0.39 is 12.7 Å². The van der Waals surface area contributed by atoms with Crippen LogP contribution in [0.2, 0.25) is 0 Å². The van der Waals surface area contributed by atoms with Crippen molar-refractivity contribution in [3.63, 3.8) is 0 Å². The summed E-state index contributed by atoms with van der Waals surface area (Å²) in [6, 6.07) is 0.202. The number of thiazole rings is 1. The van der Waals surface area contributed by atoms with Gasteiger partial charge in [-0.15, -0.1) is 11.3 Å². The Bertz CT molecular complexity index is 473. The molecular formula is C14H22F3N3S. The van der Waals surface area contributed by atoms with E-state index in [1.807, 2.05) is 13.8 Å². The van der Waals surface area contributed by atoms with Crippen molar-refractivity contribution in [2.45, 2.75) is 39.4 Å². The van der Waals surface area contributed by atoms with Crippen molar-refractivity contribution < 1.29 is 13.2 Å². The summed E-state index contributed by atoms with van der Waals surface area (Å²) >= 11 is 1.68. The average Bonchev–Trinajstić information content (AvgIpc) is 2.91. The van der Waals surface area contributed by atoms with Gasteiger partial charge in [-0.3, -0.25) is 4.90 Å². The van der Waals surface area contributed by atoms with Gasteiger partial charge in [0.1, 0.15) is 0 Å². The van der Waals surface area contributed by atoms with E-state index in [1.54, 1.807) is 11.3 Å². The molecule has 0 bridgehead atoms. The fraction of sp³-hybridized carbons (Fsp3) is 0.786. The molecule has 1 aliphatic heterocycles. The number of alkyl halides is 3. The summed E-state index contributed by atoms with van der Waals surface area (Å²) in [5.74, 6) is 0.295. The molecule has 1 aromatic heterocycles. The first-order chi connectivity index (χ1) is 9.74. The van der Waals surface area contributed by atoms with E-state index in [0.29, 0.717) is 19.0 Å². The van der Waals surface area contributed by atoms with Crippen LogP contribution in [-0.2, 0) is 0 Å². The number of rotatable bonds is 5. The molecule has 0 spiro atoms. The molecule has 21 heavy (non-hydrogen) atoms. The Morgan fingerprint density at radius 3 is 2.71 bits per heavy atom. The first-order valence-electron chi connectivity index (χ1n) is 7.21. The molecule has 3 nitrogen and oxygen atoms in total. The van der Waals surface area contributed by atoms with Crippen molar-refractivity contribution in [3.05, 3.63) is 15.6 Å². The summed E-state index contributed by atoms with van der Waals surface area (Å²) < 4.78 is 37.1. The van der Waals surface area contributed by atoms with Crippen LogP contribution in [0.5, 0.6) is 0 Å². The smallest absolute Gasteiger partial charge is 0.309 e. The molecule has 120 valence electrons. The SMILES string of the molecule is Cc1nc(C)c(C(C)NCC2CCN(CC(F)(F)F)C2)s1. The molecule has 0 aromatic carbocycles. The molecule has 2 atom stereocenters. The van der Waals surface area contributed by atoms with E-state index in [-0.39, 0.29) is 6.04 Å². The first kappa shape index (κ1) is 16.7. The van der Waals surface area contributed by atoms with E-state index in [4.69, 9.17) is 0 Å². The maximum absolute atomic E-state index is 12.4. The van der Waals surface area contributed by atoms with Crippen LogP contribution in [0.25, 0.3) is 0 Å². The van der Waals surface area contributed by atoms with Gasteiger partial charge in [0.05, 0.1) is 17.2 Å². The Kier molecular flexibility index (Phi) is 5.27. The Labute approximate surface area is 127 Å². The van der Waals surface area contributed by atoms with E-state index in [9.17, 15) is 13.2 Å². The number of nitrogens with one attached hydrogen (secondary N) is 1. The lowest BCUT2D eigenvalue weighted by Crippen LogP contribution is -2.34. The summed E-state index contributed by atoms with van der Waals surface area (Å²) in [6.45, 7) is 7.11. The van der Waals surface area contributed by atoms with Crippen LogP contribution in [0, 0.1) is 19.8 Å². The monoisotopic (exact) mass is 321 g/mol. The molecule has 2 rings (SSSR count).